The smallest absolute Gasteiger partial charge is 0.244 e. The highest BCUT2D eigenvalue weighted by atomic mass is 32.2. The third-order valence-electron chi connectivity index (χ3n) is 2.45. The molecule has 2 rings (SSSR count). The van der Waals surface area contributed by atoms with Crippen LogP contribution in [0.2, 0.25) is 0 Å². The summed E-state index contributed by atoms with van der Waals surface area (Å²) >= 11 is 1.51. The minimum absolute atomic E-state index is 0.0706. The molecule has 0 amide bonds. The molecule has 0 aliphatic rings. The zero-order valence-corrected chi connectivity index (χ0v) is 11.1. The zero-order valence-electron chi connectivity index (χ0n) is 10.3. The molecule has 0 unspecified atom stereocenters. The van der Waals surface area contributed by atoms with E-state index in [0.717, 1.165) is 16.3 Å². The lowest BCUT2D eigenvalue weighted by Crippen LogP contribution is -2.08. The van der Waals surface area contributed by atoms with Gasteiger partial charge in [0.05, 0.1) is 5.69 Å². The summed E-state index contributed by atoms with van der Waals surface area (Å²) in [6.45, 7) is 1.51. The first-order chi connectivity index (χ1) is 8.70. The number of carbonyl (C=O) groups excluding carboxylic acids is 1. The van der Waals surface area contributed by atoms with Gasteiger partial charge in [-0.05, 0) is 24.0 Å². The van der Waals surface area contributed by atoms with E-state index in [1.807, 2.05) is 54.8 Å². The minimum Gasteiger partial charge on any atom is -0.273 e. The van der Waals surface area contributed by atoms with Gasteiger partial charge in [-0.2, -0.15) is 9.78 Å². The molecule has 0 saturated carbocycles. The van der Waals surface area contributed by atoms with Crippen LogP contribution in [-0.2, 0) is 0 Å². The molecule has 3 nitrogen and oxygen atoms in total. The van der Waals surface area contributed by atoms with Crippen LogP contribution in [0.4, 0.5) is 0 Å². The van der Waals surface area contributed by atoms with E-state index in [9.17, 15) is 4.79 Å². The van der Waals surface area contributed by atoms with Gasteiger partial charge in [0.2, 0.25) is 5.91 Å². The molecule has 4 heteroatoms. The average Bonchev–Trinajstić information content (AvgIpc) is 2.81. The van der Waals surface area contributed by atoms with Gasteiger partial charge in [0.25, 0.3) is 0 Å². The Bertz CT molecular complexity index is 573. The molecule has 18 heavy (non-hydrogen) atoms. The van der Waals surface area contributed by atoms with Crippen LogP contribution >= 0.6 is 11.8 Å². The van der Waals surface area contributed by atoms with E-state index >= 15 is 0 Å². The Kier molecular flexibility index (Phi) is 3.99. The summed E-state index contributed by atoms with van der Waals surface area (Å²) in [5, 5.41) is 5.11. The molecule has 1 aromatic carbocycles. The van der Waals surface area contributed by atoms with E-state index in [0.29, 0.717) is 0 Å². The molecular formula is C14H14N2OS. The summed E-state index contributed by atoms with van der Waals surface area (Å²) < 4.78 is 1.43. The number of hydrogen-bond acceptors (Lipinski definition) is 3. The highest BCUT2D eigenvalue weighted by molar-refractivity contribution is 7.98. The first-order valence-corrected chi connectivity index (χ1v) is 6.81. The van der Waals surface area contributed by atoms with E-state index in [1.54, 1.807) is 0 Å². The van der Waals surface area contributed by atoms with Gasteiger partial charge in [0.1, 0.15) is 5.03 Å². The van der Waals surface area contributed by atoms with Crippen LogP contribution in [-0.4, -0.2) is 21.9 Å². The number of aromatic nitrogens is 2. The van der Waals surface area contributed by atoms with E-state index in [-0.39, 0.29) is 5.91 Å². The standard InChI is InChI=1S/C14H14N2OS/c1-11(17)16-14(18-2)10-13(15-16)9-8-12-6-4-3-5-7-12/h3-10H,1-2H3/b9-8+. The van der Waals surface area contributed by atoms with Crippen molar-refractivity contribution in [3.63, 3.8) is 0 Å². The lowest BCUT2D eigenvalue weighted by molar-refractivity contribution is 0.0910. The molecule has 0 bridgehead atoms. The maximum Gasteiger partial charge on any atom is 0.244 e. The largest absolute Gasteiger partial charge is 0.273 e. The van der Waals surface area contributed by atoms with Gasteiger partial charge in [-0.3, -0.25) is 4.79 Å². The fourth-order valence-electron chi connectivity index (χ4n) is 1.58. The monoisotopic (exact) mass is 258 g/mol. The third-order valence-corrected chi connectivity index (χ3v) is 3.16. The lowest BCUT2D eigenvalue weighted by atomic mass is 10.2. The van der Waals surface area contributed by atoms with Gasteiger partial charge in [0.15, 0.2) is 0 Å². The van der Waals surface area contributed by atoms with Gasteiger partial charge in [-0.25, -0.2) is 0 Å². The molecule has 0 fully saturated rings. The number of nitrogens with zero attached hydrogens (tertiary/aromatic N) is 2. The Hall–Kier alpha value is -1.81. The molecule has 0 spiro atoms. The maximum absolute atomic E-state index is 11.4. The average molecular weight is 258 g/mol. The fourth-order valence-corrected chi connectivity index (χ4v) is 2.16. The summed E-state index contributed by atoms with van der Waals surface area (Å²) in [6, 6.07) is 11.9. The Morgan fingerprint density at radius 3 is 2.56 bits per heavy atom. The number of thioether (sulfide) groups is 1. The van der Waals surface area contributed by atoms with Crippen molar-refractivity contribution < 1.29 is 4.79 Å². The predicted octanol–water partition coefficient (Wildman–Crippen LogP) is 3.44. The van der Waals surface area contributed by atoms with Crippen molar-refractivity contribution in [2.45, 2.75) is 11.9 Å². The third kappa shape index (κ3) is 2.90. The molecule has 0 N–H and O–H groups in total. The van der Waals surface area contributed by atoms with Crippen molar-refractivity contribution in [1.82, 2.24) is 9.78 Å². The molecule has 92 valence electrons. The Labute approximate surface area is 111 Å². The van der Waals surface area contributed by atoms with Gasteiger partial charge in [0, 0.05) is 6.92 Å². The molecule has 1 aromatic heterocycles. The molecule has 0 radical (unpaired) electrons. The van der Waals surface area contributed by atoms with Gasteiger partial charge in [-0.15, -0.1) is 11.8 Å². The van der Waals surface area contributed by atoms with Crippen LogP contribution < -0.4 is 0 Å². The molecule has 0 atom stereocenters. The van der Waals surface area contributed by atoms with Crippen molar-refractivity contribution >= 4 is 29.8 Å². The van der Waals surface area contributed by atoms with Crippen LogP contribution in [0.15, 0.2) is 41.4 Å². The van der Waals surface area contributed by atoms with Crippen LogP contribution in [0.5, 0.6) is 0 Å². The van der Waals surface area contributed by atoms with Crippen molar-refractivity contribution in [1.29, 1.82) is 0 Å². The van der Waals surface area contributed by atoms with Gasteiger partial charge < -0.3 is 0 Å². The summed E-state index contributed by atoms with van der Waals surface area (Å²) in [4.78, 5) is 11.4. The second-order valence-corrected chi connectivity index (χ2v) is 4.61. The maximum atomic E-state index is 11.4. The summed E-state index contributed by atoms with van der Waals surface area (Å²) in [7, 11) is 0. The van der Waals surface area contributed by atoms with Crippen LogP contribution in [0, 0.1) is 0 Å². The number of benzene rings is 1. The summed E-state index contributed by atoms with van der Waals surface area (Å²) in [5.74, 6) is -0.0706. The minimum atomic E-state index is -0.0706. The topological polar surface area (TPSA) is 34.9 Å². The Balaban J connectivity index is 2.25. The Morgan fingerprint density at radius 1 is 1.28 bits per heavy atom. The molecule has 2 aromatic rings. The number of rotatable bonds is 3. The van der Waals surface area contributed by atoms with Crippen molar-refractivity contribution in [2.75, 3.05) is 6.26 Å². The molecular weight excluding hydrogens is 244 g/mol. The molecule has 0 aliphatic heterocycles. The Morgan fingerprint density at radius 2 is 2.00 bits per heavy atom. The SMILES string of the molecule is CSc1cc(/C=C/c2ccccc2)nn1C(C)=O. The highest BCUT2D eigenvalue weighted by Crippen LogP contribution is 2.17. The molecule has 1 heterocycles. The van der Waals surface area contributed by atoms with E-state index in [1.165, 1.54) is 23.4 Å². The first-order valence-electron chi connectivity index (χ1n) is 5.59. The van der Waals surface area contributed by atoms with E-state index in [4.69, 9.17) is 0 Å². The van der Waals surface area contributed by atoms with Crippen LogP contribution in [0.25, 0.3) is 12.2 Å². The second kappa shape index (κ2) is 5.69. The van der Waals surface area contributed by atoms with Gasteiger partial charge >= 0.3 is 0 Å². The van der Waals surface area contributed by atoms with Crippen LogP contribution in [0.1, 0.15) is 23.0 Å². The quantitative estimate of drug-likeness (QED) is 0.791. The van der Waals surface area contributed by atoms with Gasteiger partial charge in [-0.1, -0.05) is 36.4 Å². The molecule has 0 aliphatic carbocycles. The summed E-state index contributed by atoms with van der Waals surface area (Å²) in [5.41, 5.74) is 1.90. The van der Waals surface area contributed by atoms with E-state index in [2.05, 4.69) is 5.10 Å². The zero-order chi connectivity index (χ0) is 13.0. The number of carbonyl (C=O) groups is 1. The lowest BCUT2D eigenvalue weighted by Gasteiger charge is -1.96. The first kappa shape index (κ1) is 12.6. The van der Waals surface area contributed by atoms with Crippen molar-refractivity contribution in [3.8, 4) is 0 Å². The van der Waals surface area contributed by atoms with Crippen LogP contribution in [0.3, 0.4) is 0 Å². The predicted molar refractivity (Wildman–Crippen MR) is 75.7 cm³/mol. The number of hydrogen-bond donors (Lipinski definition) is 0. The molecule has 0 saturated heterocycles. The van der Waals surface area contributed by atoms with E-state index < -0.39 is 0 Å². The van der Waals surface area contributed by atoms with Crippen molar-refractivity contribution in [2.24, 2.45) is 0 Å². The summed E-state index contributed by atoms with van der Waals surface area (Å²) in [6.07, 6.45) is 5.83. The van der Waals surface area contributed by atoms with Crippen molar-refractivity contribution in [3.05, 3.63) is 47.7 Å². The second-order valence-electron chi connectivity index (χ2n) is 3.79. The highest BCUT2D eigenvalue weighted by Gasteiger charge is 2.08. The normalized spacial score (nSPS) is 11.0. The fraction of sp³-hybridized carbons (Fsp3) is 0.143.